The molecular weight excluding hydrogens is 359 g/mol. The Hall–Kier alpha value is -1.16. The number of hydrogen-bond donors (Lipinski definition) is 0. The fourth-order valence-corrected chi connectivity index (χ4v) is 2.69. The molecule has 0 amide bonds. The summed E-state index contributed by atoms with van der Waals surface area (Å²) in [6, 6.07) is 11.5. The number of aryl methyl sites for hydroxylation is 1. The summed E-state index contributed by atoms with van der Waals surface area (Å²) < 4.78 is 0.950. The van der Waals surface area contributed by atoms with Crippen molar-refractivity contribution < 1.29 is 0 Å². The van der Waals surface area contributed by atoms with E-state index < -0.39 is 0 Å². The molecular formula is C15H9BrCl2N2. The average Bonchev–Trinajstić information content (AvgIpc) is 2.42. The van der Waals surface area contributed by atoms with Crippen molar-refractivity contribution >= 4 is 50.0 Å². The molecule has 1 heterocycles. The Morgan fingerprint density at radius 2 is 1.80 bits per heavy atom. The van der Waals surface area contributed by atoms with E-state index in [1.807, 2.05) is 43.3 Å². The van der Waals surface area contributed by atoms with Gasteiger partial charge in [0.2, 0.25) is 0 Å². The first kappa shape index (κ1) is 13.8. The third-order valence-corrected chi connectivity index (χ3v) is 4.23. The first-order valence-corrected chi connectivity index (χ1v) is 7.49. The average molecular weight is 368 g/mol. The molecule has 20 heavy (non-hydrogen) atoms. The van der Waals surface area contributed by atoms with Gasteiger partial charge in [0.15, 0.2) is 5.82 Å². The van der Waals surface area contributed by atoms with Gasteiger partial charge in [-0.3, -0.25) is 0 Å². The van der Waals surface area contributed by atoms with E-state index in [-0.39, 0.29) is 0 Å². The summed E-state index contributed by atoms with van der Waals surface area (Å²) in [5.41, 5.74) is 2.70. The third-order valence-electron chi connectivity index (χ3n) is 3.03. The molecule has 3 aromatic rings. The minimum absolute atomic E-state index is 0.443. The number of benzene rings is 2. The molecule has 0 bridgehead atoms. The van der Waals surface area contributed by atoms with Crippen molar-refractivity contribution in [3.05, 3.63) is 56.6 Å². The van der Waals surface area contributed by atoms with Gasteiger partial charge in [0.1, 0.15) is 5.15 Å². The normalized spacial score (nSPS) is 11.0. The Bertz CT molecular complexity index is 818. The van der Waals surface area contributed by atoms with Crippen molar-refractivity contribution in [1.82, 2.24) is 9.97 Å². The van der Waals surface area contributed by atoms with Gasteiger partial charge in [0.25, 0.3) is 0 Å². The minimum atomic E-state index is 0.443. The van der Waals surface area contributed by atoms with Crippen molar-refractivity contribution in [1.29, 1.82) is 0 Å². The minimum Gasteiger partial charge on any atom is -0.228 e. The van der Waals surface area contributed by atoms with Crippen LogP contribution in [0.3, 0.4) is 0 Å². The van der Waals surface area contributed by atoms with Crippen molar-refractivity contribution in [3.8, 4) is 11.4 Å². The molecule has 0 atom stereocenters. The molecule has 0 radical (unpaired) electrons. The molecule has 2 aromatic carbocycles. The van der Waals surface area contributed by atoms with Crippen molar-refractivity contribution in [2.75, 3.05) is 0 Å². The molecule has 0 aliphatic heterocycles. The van der Waals surface area contributed by atoms with E-state index in [0.717, 1.165) is 31.5 Å². The summed E-state index contributed by atoms with van der Waals surface area (Å²) in [4.78, 5) is 8.93. The smallest absolute Gasteiger partial charge is 0.161 e. The molecule has 0 N–H and O–H groups in total. The quantitative estimate of drug-likeness (QED) is 0.517. The van der Waals surface area contributed by atoms with Crippen LogP contribution in [0.2, 0.25) is 10.2 Å². The molecule has 3 rings (SSSR count). The summed E-state index contributed by atoms with van der Waals surface area (Å²) in [6.45, 7) is 1.95. The van der Waals surface area contributed by atoms with Crippen molar-refractivity contribution in [3.63, 3.8) is 0 Å². The van der Waals surface area contributed by atoms with Crippen molar-refractivity contribution in [2.24, 2.45) is 0 Å². The van der Waals surface area contributed by atoms with E-state index in [9.17, 15) is 0 Å². The van der Waals surface area contributed by atoms with Gasteiger partial charge in [-0.1, -0.05) is 39.1 Å². The molecule has 0 aliphatic carbocycles. The standard InChI is InChI=1S/C15H9BrCl2N2/c1-8-6-9(2-4-12(8)17)15-19-13-5-3-10(16)7-11(13)14(18)20-15/h2-7H,1H3. The van der Waals surface area contributed by atoms with Crippen molar-refractivity contribution in [2.45, 2.75) is 6.92 Å². The second kappa shape index (κ2) is 5.32. The number of hydrogen-bond acceptors (Lipinski definition) is 2. The van der Waals surface area contributed by atoms with Crippen LogP contribution in [0.1, 0.15) is 5.56 Å². The van der Waals surface area contributed by atoms with E-state index in [0.29, 0.717) is 11.0 Å². The van der Waals surface area contributed by atoms with E-state index in [1.165, 1.54) is 0 Å². The van der Waals surface area contributed by atoms with Gasteiger partial charge in [-0.2, -0.15) is 0 Å². The summed E-state index contributed by atoms with van der Waals surface area (Å²) in [5, 5.41) is 2.00. The predicted molar refractivity (Wildman–Crippen MR) is 87.4 cm³/mol. The van der Waals surface area contributed by atoms with Gasteiger partial charge in [0.05, 0.1) is 5.52 Å². The Labute approximate surface area is 134 Å². The van der Waals surface area contributed by atoms with E-state index in [4.69, 9.17) is 23.2 Å². The highest BCUT2D eigenvalue weighted by molar-refractivity contribution is 9.10. The van der Waals surface area contributed by atoms with E-state index >= 15 is 0 Å². The number of aromatic nitrogens is 2. The maximum absolute atomic E-state index is 6.26. The summed E-state index contributed by atoms with van der Waals surface area (Å²) in [6.07, 6.45) is 0. The van der Waals surface area contributed by atoms with Gasteiger partial charge < -0.3 is 0 Å². The zero-order valence-electron chi connectivity index (χ0n) is 10.5. The summed E-state index contributed by atoms with van der Waals surface area (Å²) in [5.74, 6) is 0.601. The molecule has 1 aromatic heterocycles. The zero-order chi connectivity index (χ0) is 14.3. The topological polar surface area (TPSA) is 25.8 Å². The molecule has 0 fully saturated rings. The molecule has 0 saturated carbocycles. The zero-order valence-corrected chi connectivity index (χ0v) is 13.6. The molecule has 0 aliphatic rings. The fraction of sp³-hybridized carbons (Fsp3) is 0.0667. The SMILES string of the molecule is Cc1cc(-c2nc(Cl)c3cc(Br)ccc3n2)ccc1Cl. The van der Waals surface area contributed by atoms with Crippen LogP contribution >= 0.6 is 39.1 Å². The number of nitrogens with zero attached hydrogens (tertiary/aromatic N) is 2. The first-order chi connectivity index (χ1) is 9.54. The lowest BCUT2D eigenvalue weighted by atomic mass is 10.1. The highest BCUT2D eigenvalue weighted by atomic mass is 79.9. The van der Waals surface area contributed by atoms with Gasteiger partial charge >= 0.3 is 0 Å². The maximum Gasteiger partial charge on any atom is 0.161 e. The number of halogens is 3. The van der Waals surface area contributed by atoms with Crippen LogP contribution < -0.4 is 0 Å². The van der Waals surface area contributed by atoms with Crippen LogP contribution in [0.5, 0.6) is 0 Å². The molecule has 0 saturated heterocycles. The van der Waals surface area contributed by atoms with Crippen LogP contribution in [0, 0.1) is 6.92 Å². The van der Waals surface area contributed by atoms with Crippen LogP contribution in [0.25, 0.3) is 22.3 Å². The number of fused-ring (bicyclic) bond motifs is 1. The molecule has 5 heteroatoms. The monoisotopic (exact) mass is 366 g/mol. The first-order valence-electron chi connectivity index (χ1n) is 5.94. The van der Waals surface area contributed by atoms with Crippen LogP contribution in [0.15, 0.2) is 40.9 Å². The predicted octanol–water partition coefficient (Wildman–Crippen LogP) is 5.67. The lowest BCUT2D eigenvalue weighted by molar-refractivity contribution is 1.22. The Morgan fingerprint density at radius 1 is 1.00 bits per heavy atom. The highest BCUT2D eigenvalue weighted by Gasteiger charge is 2.09. The fourth-order valence-electron chi connectivity index (χ4n) is 1.98. The summed E-state index contributed by atoms with van der Waals surface area (Å²) in [7, 11) is 0. The lowest BCUT2D eigenvalue weighted by Gasteiger charge is -2.06. The second-order valence-corrected chi connectivity index (χ2v) is 6.14. The third kappa shape index (κ3) is 2.53. The van der Waals surface area contributed by atoms with E-state index in [2.05, 4.69) is 25.9 Å². The second-order valence-electron chi connectivity index (χ2n) is 4.46. The lowest BCUT2D eigenvalue weighted by Crippen LogP contribution is -1.92. The van der Waals surface area contributed by atoms with Crippen LogP contribution in [-0.4, -0.2) is 9.97 Å². The maximum atomic E-state index is 6.26. The number of rotatable bonds is 1. The largest absolute Gasteiger partial charge is 0.228 e. The summed E-state index contributed by atoms with van der Waals surface area (Å²) >= 11 is 15.7. The highest BCUT2D eigenvalue weighted by Crippen LogP contribution is 2.28. The van der Waals surface area contributed by atoms with Crippen LogP contribution in [-0.2, 0) is 0 Å². The van der Waals surface area contributed by atoms with Gasteiger partial charge in [-0.15, -0.1) is 0 Å². The molecule has 2 nitrogen and oxygen atoms in total. The Kier molecular flexibility index (Phi) is 3.67. The van der Waals surface area contributed by atoms with Gasteiger partial charge in [-0.25, -0.2) is 9.97 Å². The van der Waals surface area contributed by atoms with Gasteiger partial charge in [0, 0.05) is 20.4 Å². The van der Waals surface area contributed by atoms with Crippen LogP contribution in [0.4, 0.5) is 0 Å². The van der Waals surface area contributed by atoms with Gasteiger partial charge in [-0.05, 0) is 48.9 Å². The van der Waals surface area contributed by atoms with E-state index in [1.54, 1.807) is 0 Å². The molecule has 0 unspecified atom stereocenters. The molecule has 0 spiro atoms. The molecule has 100 valence electrons. The Balaban J connectivity index is 2.21. The Morgan fingerprint density at radius 3 is 2.55 bits per heavy atom.